The minimum atomic E-state index is -1.13. The normalized spacial score (nSPS) is 18.6. The van der Waals surface area contributed by atoms with Crippen molar-refractivity contribution in [2.24, 2.45) is 0 Å². The van der Waals surface area contributed by atoms with Crippen molar-refractivity contribution in [3.05, 3.63) is 28.5 Å². The van der Waals surface area contributed by atoms with E-state index < -0.39 is 30.2 Å². The molecule has 1 aromatic heterocycles. The van der Waals surface area contributed by atoms with Gasteiger partial charge in [-0.15, -0.1) is 0 Å². The van der Waals surface area contributed by atoms with Crippen LogP contribution >= 0.6 is 15.9 Å². The van der Waals surface area contributed by atoms with Gasteiger partial charge in [-0.05, 0) is 28.1 Å². The summed E-state index contributed by atoms with van der Waals surface area (Å²) in [5.41, 5.74) is 0.179. The first-order valence-corrected chi connectivity index (χ1v) is 6.70. The number of carbonyl (C=O) groups is 3. The zero-order valence-electron chi connectivity index (χ0n) is 10.4. The molecule has 0 saturated carbocycles. The van der Waals surface area contributed by atoms with E-state index >= 15 is 0 Å². The molecule has 2 N–H and O–H groups in total. The number of aromatic nitrogens is 1. The second-order valence-corrected chi connectivity index (χ2v) is 5.18. The van der Waals surface area contributed by atoms with E-state index in [0.717, 1.165) is 4.47 Å². The predicted octanol–water partition coefficient (Wildman–Crippen LogP) is 0.259. The fourth-order valence-electron chi connectivity index (χ4n) is 1.98. The molecule has 1 aliphatic rings. The molecule has 1 atom stereocenters. The Bertz CT molecular complexity index is 546. The van der Waals surface area contributed by atoms with Crippen LogP contribution in [-0.4, -0.2) is 51.9 Å². The van der Waals surface area contributed by atoms with Gasteiger partial charge in [-0.25, -0.2) is 4.98 Å². The number of hydrogen-bond donors (Lipinski definition) is 2. The van der Waals surface area contributed by atoms with Crippen molar-refractivity contribution in [2.75, 3.05) is 13.1 Å². The van der Waals surface area contributed by atoms with E-state index in [2.05, 4.69) is 26.2 Å². The highest BCUT2D eigenvalue weighted by Gasteiger charge is 2.35. The van der Waals surface area contributed by atoms with Crippen LogP contribution in [-0.2, 0) is 9.59 Å². The Morgan fingerprint density at radius 2 is 2.25 bits per heavy atom. The molecule has 0 aromatic carbocycles. The third-order valence-corrected chi connectivity index (χ3v) is 3.38. The molecule has 8 heteroatoms. The van der Waals surface area contributed by atoms with E-state index in [1.165, 1.54) is 17.2 Å². The fraction of sp³-hybridized carbons (Fsp3) is 0.333. The maximum Gasteiger partial charge on any atom is 0.305 e. The van der Waals surface area contributed by atoms with Crippen LogP contribution in [0.5, 0.6) is 0 Å². The van der Waals surface area contributed by atoms with E-state index in [1.54, 1.807) is 6.07 Å². The first-order valence-electron chi connectivity index (χ1n) is 5.91. The van der Waals surface area contributed by atoms with Crippen LogP contribution in [0.2, 0.25) is 0 Å². The first kappa shape index (κ1) is 14.4. The number of pyridine rings is 1. The van der Waals surface area contributed by atoms with E-state index in [9.17, 15) is 14.4 Å². The summed E-state index contributed by atoms with van der Waals surface area (Å²) in [4.78, 5) is 40.1. The molecular formula is C12H12BrN3O4. The Kier molecular flexibility index (Phi) is 4.33. The number of carboxylic acids is 1. The molecule has 1 aliphatic heterocycles. The Morgan fingerprint density at radius 3 is 2.85 bits per heavy atom. The molecule has 1 fully saturated rings. The number of piperazine rings is 1. The number of amides is 2. The Hall–Kier alpha value is -1.96. The largest absolute Gasteiger partial charge is 0.481 e. The van der Waals surface area contributed by atoms with Crippen LogP contribution in [0.25, 0.3) is 0 Å². The number of carbonyl (C=O) groups excluding carboxylic acids is 2. The highest BCUT2D eigenvalue weighted by atomic mass is 79.9. The summed E-state index contributed by atoms with van der Waals surface area (Å²) in [6.45, 7) is 0.567. The summed E-state index contributed by atoms with van der Waals surface area (Å²) in [5, 5.41) is 11.4. The molecular weight excluding hydrogens is 330 g/mol. The molecule has 7 nitrogen and oxygen atoms in total. The molecule has 20 heavy (non-hydrogen) atoms. The van der Waals surface area contributed by atoms with Crippen molar-refractivity contribution in [2.45, 2.75) is 12.5 Å². The lowest BCUT2D eigenvalue weighted by molar-refractivity contribution is -0.142. The van der Waals surface area contributed by atoms with Crippen LogP contribution in [0.4, 0.5) is 0 Å². The van der Waals surface area contributed by atoms with Gasteiger partial charge < -0.3 is 15.3 Å². The smallest absolute Gasteiger partial charge is 0.305 e. The standard InChI is InChI=1S/C12H12BrN3O4/c13-7-1-2-8(15-6-7)12(20)16-4-3-14-11(19)9(16)5-10(17)18/h1-2,6,9H,3-5H2,(H,14,19)(H,17,18). The maximum atomic E-state index is 12.3. The fourth-order valence-corrected chi connectivity index (χ4v) is 2.21. The van der Waals surface area contributed by atoms with Gasteiger partial charge in [0.1, 0.15) is 11.7 Å². The van der Waals surface area contributed by atoms with Crippen molar-refractivity contribution >= 4 is 33.7 Å². The van der Waals surface area contributed by atoms with Crippen LogP contribution < -0.4 is 5.32 Å². The van der Waals surface area contributed by atoms with E-state index in [4.69, 9.17) is 5.11 Å². The lowest BCUT2D eigenvalue weighted by Gasteiger charge is -2.34. The third-order valence-electron chi connectivity index (χ3n) is 2.91. The topological polar surface area (TPSA) is 99.6 Å². The SMILES string of the molecule is O=C(O)CC1C(=O)NCCN1C(=O)c1ccc(Br)cn1. The van der Waals surface area contributed by atoms with Crippen molar-refractivity contribution in [3.63, 3.8) is 0 Å². The van der Waals surface area contributed by atoms with Gasteiger partial charge in [-0.2, -0.15) is 0 Å². The maximum absolute atomic E-state index is 12.3. The van der Waals surface area contributed by atoms with Gasteiger partial charge in [-0.3, -0.25) is 14.4 Å². The van der Waals surface area contributed by atoms with Gasteiger partial charge in [0.2, 0.25) is 5.91 Å². The lowest BCUT2D eigenvalue weighted by Crippen LogP contribution is -2.57. The van der Waals surface area contributed by atoms with Crippen molar-refractivity contribution in [1.82, 2.24) is 15.2 Å². The van der Waals surface area contributed by atoms with E-state index in [-0.39, 0.29) is 12.2 Å². The molecule has 1 saturated heterocycles. The molecule has 1 unspecified atom stereocenters. The Balaban J connectivity index is 2.23. The highest BCUT2D eigenvalue weighted by molar-refractivity contribution is 9.10. The summed E-state index contributed by atoms with van der Waals surface area (Å²) < 4.78 is 0.729. The quantitative estimate of drug-likeness (QED) is 0.821. The molecule has 2 rings (SSSR count). The summed E-state index contributed by atoms with van der Waals surface area (Å²) in [6.07, 6.45) is 1.05. The summed E-state index contributed by atoms with van der Waals surface area (Å²) >= 11 is 3.22. The van der Waals surface area contributed by atoms with E-state index in [1.807, 2.05) is 0 Å². The molecule has 0 aliphatic carbocycles. The molecule has 0 spiro atoms. The number of aliphatic carboxylic acids is 1. The molecule has 0 radical (unpaired) electrons. The third kappa shape index (κ3) is 3.13. The summed E-state index contributed by atoms with van der Waals surface area (Å²) in [5.74, 6) is -2.03. The minimum absolute atomic E-state index is 0.179. The second-order valence-electron chi connectivity index (χ2n) is 4.26. The Morgan fingerprint density at radius 1 is 1.50 bits per heavy atom. The lowest BCUT2D eigenvalue weighted by atomic mass is 10.1. The van der Waals surface area contributed by atoms with Crippen LogP contribution in [0.15, 0.2) is 22.8 Å². The van der Waals surface area contributed by atoms with Crippen molar-refractivity contribution < 1.29 is 19.5 Å². The number of halogens is 1. The van der Waals surface area contributed by atoms with Gasteiger partial charge in [-0.1, -0.05) is 0 Å². The van der Waals surface area contributed by atoms with Crippen LogP contribution in [0, 0.1) is 0 Å². The molecule has 1 aromatic rings. The highest BCUT2D eigenvalue weighted by Crippen LogP contribution is 2.14. The Labute approximate surface area is 123 Å². The van der Waals surface area contributed by atoms with Gasteiger partial charge in [0, 0.05) is 23.8 Å². The number of nitrogens with zero attached hydrogens (tertiary/aromatic N) is 2. The summed E-state index contributed by atoms with van der Waals surface area (Å²) in [7, 11) is 0. The number of hydrogen-bond acceptors (Lipinski definition) is 4. The van der Waals surface area contributed by atoms with Crippen LogP contribution in [0.3, 0.4) is 0 Å². The number of carboxylic acid groups (broad SMARTS) is 1. The van der Waals surface area contributed by atoms with Gasteiger partial charge in [0.15, 0.2) is 0 Å². The van der Waals surface area contributed by atoms with Gasteiger partial charge in [0.05, 0.1) is 6.42 Å². The van der Waals surface area contributed by atoms with E-state index in [0.29, 0.717) is 6.54 Å². The second kappa shape index (κ2) is 6.00. The molecule has 2 heterocycles. The average molecular weight is 342 g/mol. The molecule has 2 amide bonds. The zero-order valence-corrected chi connectivity index (χ0v) is 12.0. The first-order chi connectivity index (χ1) is 9.49. The average Bonchev–Trinajstić information content (AvgIpc) is 2.41. The van der Waals surface area contributed by atoms with Crippen molar-refractivity contribution in [1.29, 1.82) is 0 Å². The zero-order chi connectivity index (χ0) is 14.7. The molecule has 106 valence electrons. The predicted molar refractivity (Wildman–Crippen MR) is 72.0 cm³/mol. The summed E-state index contributed by atoms with van der Waals surface area (Å²) in [6, 6.07) is 2.19. The van der Waals surface area contributed by atoms with Gasteiger partial charge in [0.25, 0.3) is 5.91 Å². The van der Waals surface area contributed by atoms with Crippen molar-refractivity contribution in [3.8, 4) is 0 Å². The number of rotatable bonds is 3. The van der Waals surface area contributed by atoms with Crippen LogP contribution in [0.1, 0.15) is 16.9 Å². The molecule has 0 bridgehead atoms. The van der Waals surface area contributed by atoms with Gasteiger partial charge >= 0.3 is 5.97 Å². The number of nitrogens with one attached hydrogen (secondary N) is 1. The monoisotopic (exact) mass is 341 g/mol. The minimum Gasteiger partial charge on any atom is -0.481 e.